The van der Waals surface area contributed by atoms with Gasteiger partial charge in [-0.05, 0) is 20.4 Å². The zero-order chi connectivity index (χ0) is 8.15. The molecule has 0 aromatic heterocycles. The van der Waals surface area contributed by atoms with Crippen molar-refractivity contribution in [1.29, 1.82) is 0 Å². The largest absolute Gasteiger partial charge is 0.480 e. The highest BCUT2D eigenvalue weighted by Gasteiger charge is 2.13. The second kappa shape index (κ2) is 4.24. The lowest BCUT2D eigenvalue weighted by atomic mass is 10.1. The number of carbonyl (C=O) groups is 1. The monoisotopic (exact) mass is 146 g/mol. The van der Waals surface area contributed by atoms with E-state index in [-0.39, 0.29) is 6.04 Å². The van der Waals surface area contributed by atoms with Crippen molar-refractivity contribution >= 4 is 5.97 Å². The van der Waals surface area contributed by atoms with E-state index in [4.69, 9.17) is 10.8 Å². The van der Waals surface area contributed by atoms with Gasteiger partial charge in [0, 0.05) is 6.04 Å². The predicted molar refractivity (Wildman–Crippen MR) is 38.7 cm³/mol. The molecule has 0 aliphatic carbocycles. The van der Waals surface area contributed by atoms with Crippen molar-refractivity contribution in [1.82, 2.24) is 5.32 Å². The molecule has 0 bridgehead atoms. The van der Waals surface area contributed by atoms with Gasteiger partial charge < -0.3 is 16.2 Å². The van der Waals surface area contributed by atoms with Crippen LogP contribution in [-0.2, 0) is 4.79 Å². The van der Waals surface area contributed by atoms with Crippen LogP contribution in [-0.4, -0.2) is 30.2 Å². The maximum absolute atomic E-state index is 10.2. The lowest BCUT2D eigenvalue weighted by molar-refractivity contribution is -0.138. The first-order valence-corrected chi connectivity index (χ1v) is 3.23. The molecule has 0 amide bonds. The van der Waals surface area contributed by atoms with E-state index in [1.807, 2.05) is 6.92 Å². The normalized spacial score (nSPS) is 16.3. The van der Waals surface area contributed by atoms with Crippen molar-refractivity contribution in [2.75, 3.05) is 7.05 Å². The van der Waals surface area contributed by atoms with Crippen molar-refractivity contribution in [2.24, 2.45) is 5.73 Å². The molecule has 0 heterocycles. The summed E-state index contributed by atoms with van der Waals surface area (Å²) in [4.78, 5) is 10.2. The Morgan fingerprint density at radius 3 is 2.60 bits per heavy atom. The van der Waals surface area contributed by atoms with Crippen molar-refractivity contribution in [2.45, 2.75) is 25.4 Å². The molecule has 2 unspecified atom stereocenters. The Morgan fingerprint density at radius 1 is 1.80 bits per heavy atom. The van der Waals surface area contributed by atoms with E-state index in [0.717, 1.165) is 0 Å². The number of carboxylic acids is 1. The Labute approximate surface area is 60.4 Å². The molecule has 0 radical (unpaired) electrons. The smallest absolute Gasteiger partial charge is 0.320 e. The third-order valence-electron chi connectivity index (χ3n) is 1.42. The Kier molecular flexibility index (Phi) is 3.99. The SMILES string of the molecule is CNC(C)CC(N)C(=O)O. The maximum atomic E-state index is 10.2. The van der Waals surface area contributed by atoms with Crippen molar-refractivity contribution in [3.05, 3.63) is 0 Å². The predicted octanol–water partition coefficient (Wildman–Crippen LogP) is -0.604. The van der Waals surface area contributed by atoms with Crippen LogP contribution in [0.2, 0.25) is 0 Å². The number of rotatable bonds is 4. The summed E-state index contributed by atoms with van der Waals surface area (Å²) in [5, 5.41) is 11.3. The van der Waals surface area contributed by atoms with E-state index in [2.05, 4.69) is 5.32 Å². The zero-order valence-electron chi connectivity index (χ0n) is 6.29. The molecule has 4 heteroatoms. The molecule has 0 aliphatic heterocycles. The highest BCUT2D eigenvalue weighted by molar-refractivity contribution is 5.73. The van der Waals surface area contributed by atoms with Crippen LogP contribution in [0.5, 0.6) is 0 Å². The van der Waals surface area contributed by atoms with Gasteiger partial charge in [0.05, 0.1) is 0 Å². The fraction of sp³-hybridized carbons (Fsp3) is 0.833. The van der Waals surface area contributed by atoms with Crippen LogP contribution >= 0.6 is 0 Å². The van der Waals surface area contributed by atoms with Gasteiger partial charge in [0.25, 0.3) is 0 Å². The summed E-state index contributed by atoms with van der Waals surface area (Å²) in [6.07, 6.45) is 0.464. The van der Waals surface area contributed by atoms with Crippen LogP contribution in [0.25, 0.3) is 0 Å². The molecule has 0 saturated heterocycles. The highest BCUT2D eigenvalue weighted by Crippen LogP contribution is 1.93. The molecule has 4 N–H and O–H groups in total. The Morgan fingerprint density at radius 2 is 2.30 bits per heavy atom. The summed E-state index contributed by atoms with van der Waals surface area (Å²) in [6, 6.07) is -0.589. The van der Waals surface area contributed by atoms with Crippen LogP contribution < -0.4 is 11.1 Å². The number of hydrogen-bond acceptors (Lipinski definition) is 3. The fourth-order valence-electron chi connectivity index (χ4n) is 0.600. The fourth-order valence-corrected chi connectivity index (χ4v) is 0.600. The third-order valence-corrected chi connectivity index (χ3v) is 1.42. The highest BCUT2D eigenvalue weighted by atomic mass is 16.4. The van der Waals surface area contributed by atoms with E-state index in [1.54, 1.807) is 7.05 Å². The summed E-state index contributed by atoms with van der Waals surface area (Å²) in [7, 11) is 1.78. The molecule has 0 spiro atoms. The van der Waals surface area contributed by atoms with E-state index in [1.165, 1.54) is 0 Å². The summed E-state index contributed by atoms with van der Waals surface area (Å²) in [6.45, 7) is 1.89. The second-order valence-electron chi connectivity index (χ2n) is 2.37. The van der Waals surface area contributed by atoms with Gasteiger partial charge in [-0.25, -0.2) is 0 Å². The molecule has 60 valence electrons. The zero-order valence-corrected chi connectivity index (χ0v) is 6.29. The van der Waals surface area contributed by atoms with E-state index in [0.29, 0.717) is 6.42 Å². The van der Waals surface area contributed by atoms with E-state index >= 15 is 0 Å². The maximum Gasteiger partial charge on any atom is 0.320 e. The number of aliphatic carboxylic acids is 1. The van der Waals surface area contributed by atoms with Crippen molar-refractivity contribution in [3.63, 3.8) is 0 Å². The van der Waals surface area contributed by atoms with Gasteiger partial charge in [-0.3, -0.25) is 4.79 Å². The Bertz CT molecular complexity index is 116. The van der Waals surface area contributed by atoms with Crippen LogP contribution in [0.4, 0.5) is 0 Å². The molecule has 0 saturated carbocycles. The molecule has 0 aliphatic rings. The van der Waals surface area contributed by atoms with Gasteiger partial charge in [0.2, 0.25) is 0 Å². The lowest BCUT2D eigenvalue weighted by Gasteiger charge is -2.12. The molecule has 10 heavy (non-hydrogen) atoms. The minimum atomic E-state index is -0.942. The summed E-state index contributed by atoms with van der Waals surface area (Å²) >= 11 is 0. The number of nitrogens with two attached hydrogens (primary N) is 1. The molecule has 4 nitrogen and oxygen atoms in total. The third kappa shape index (κ3) is 3.42. The van der Waals surface area contributed by atoms with Gasteiger partial charge in [0.15, 0.2) is 0 Å². The van der Waals surface area contributed by atoms with Gasteiger partial charge in [-0.1, -0.05) is 0 Å². The molecule has 0 fully saturated rings. The molecule has 0 aromatic carbocycles. The number of carboxylic acid groups (broad SMARTS) is 1. The Balaban J connectivity index is 3.56. The summed E-state index contributed by atoms with van der Waals surface area (Å²) in [5.74, 6) is -0.942. The molecular weight excluding hydrogens is 132 g/mol. The molecular formula is C6H14N2O2. The van der Waals surface area contributed by atoms with Gasteiger partial charge in [-0.2, -0.15) is 0 Å². The average Bonchev–Trinajstić information content (AvgIpc) is 1.87. The first-order valence-electron chi connectivity index (χ1n) is 3.23. The minimum Gasteiger partial charge on any atom is -0.480 e. The first kappa shape index (κ1) is 9.39. The summed E-state index contributed by atoms with van der Waals surface area (Å²) in [5.41, 5.74) is 5.25. The Hall–Kier alpha value is -0.610. The van der Waals surface area contributed by atoms with Gasteiger partial charge in [0.1, 0.15) is 6.04 Å². The molecule has 2 atom stereocenters. The van der Waals surface area contributed by atoms with Crippen LogP contribution in [0.3, 0.4) is 0 Å². The quantitative estimate of drug-likeness (QED) is 0.495. The topological polar surface area (TPSA) is 75.3 Å². The second-order valence-corrected chi connectivity index (χ2v) is 2.37. The van der Waals surface area contributed by atoms with E-state index < -0.39 is 12.0 Å². The number of hydrogen-bond donors (Lipinski definition) is 3. The average molecular weight is 146 g/mol. The van der Waals surface area contributed by atoms with Crippen molar-refractivity contribution < 1.29 is 9.90 Å². The van der Waals surface area contributed by atoms with Crippen LogP contribution in [0, 0.1) is 0 Å². The van der Waals surface area contributed by atoms with Gasteiger partial charge in [-0.15, -0.1) is 0 Å². The number of nitrogens with one attached hydrogen (secondary N) is 1. The molecule has 0 aromatic rings. The van der Waals surface area contributed by atoms with Crippen LogP contribution in [0.1, 0.15) is 13.3 Å². The molecule has 0 rings (SSSR count). The summed E-state index contributed by atoms with van der Waals surface area (Å²) < 4.78 is 0. The van der Waals surface area contributed by atoms with Crippen LogP contribution in [0.15, 0.2) is 0 Å². The van der Waals surface area contributed by atoms with E-state index in [9.17, 15) is 4.79 Å². The first-order chi connectivity index (χ1) is 4.57. The minimum absolute atomic E-state index is 0.158. The van der Waals surface area contributed by atoms with Crippen molar-refractivity contribution in [3.8, 4) is 0 Å². The van der Waals surface area contributed by atoms with Gasteiger partial charge >= 0.3 is 5.97 Å². The lowest BCUT2D eigenvalue weighted by Crippen LogP contribution is -2.37. The standard InChI is InChI=1S/C6H14N2O2/c1-4(8-2)3-5(7)6(9)10/h4-5,8H,3,7H2,1-2H3,(H,9,10).